The van der Waals surface area contributed by atoms with Crippen molar-refractivity contribution < 1.29 is 34.6 Å². The minimum absolute atomic E-state index is 0.668. The normalized spacial score (nSPS) is 20.9. The molecule has 0 radical (unpaired) electrons. The highest BCUT2D eigenvalue weighted by atomic mass is 16.6. The van der Waals surface area contributed by atoms with Crippen LogP contribution in [-0.2, 0) is 14.4 Å². The van der Waals surface area contributed by atoms with Crippen LogP contribution in [0, 0.1) is 21.4 Å². The molecule has 0 saturated carbocycles. The Morgan fingerprint density at radius 2 is 1.72 bits per heavy atom. The molecule has 0 aromatic rings. The van der Waals surface area contributed by atoms with Crippen molar-refractivity contribution in [2.24, 2.45) is 11.3 Å². The van der Waals surface area contributed by atoms with Crippen LogP contribution in [0.2, 0.25) is 0 Å². The van der Waals surface area contributed by atoms with Gasteiger partial charge in [-0.05, 0) is 0 Å². The van der Waals surface area contributed by atoms with Crippen LogP contribution in [-0.4, -0.2) is 38.2 Å². The van der Waals surface area contributed by atoms with Crippen LogP contribution in [0.5, 0.6) is 0 Å². The summed E-state index contributed by atoms with van der Waals surface area (Å²) in [7, 11) is 0. The summed E-state index contributed by atoms with van der Waals surface area (Å²) < 4.78 is 0. The number of carboxylic acids is 3. The molecule has 9 heteroatoms. The molecule has 0 bridgehead atoms. The number of hydrogen-bond acceptors (Lipinski definition) is 5. The van der Waals surface area contributed by atoms with E-state index in [9.17, 15) is 24.5 Å². The lowest BCUT2D eigenvalue weighted by Crippen LogP contribution is -2.52. The van der Waals surface area contributed by atoms with Gasteiger partial charge in [0.15, 0.2) is 0 Å². The molecular weight excluding hydrogens is 250 g/mol. The molecule has 0 aromatic heterocycles. The fourth-order valence-electron chi connectivity index (χ4n) is 1.74. The predicted molar refractivity (Wildman–Crippen MR) is 53.0 cm³/mol. The van der Waals surface area contributed by atoms with E-state index in [-0.39, 0.29) is 0 Å². The first-order valence-electron chi connectivity index (χ1n) is 4.49. The van der Waals surface area contributed by atoms with E-state index in [1.54, 1.807) is 0 Å². The van der Waals surface area contributed by atoms with Crippen molar-refractivity contribution in [3.8, 4) is 0 Å². The molecule has 0 fully saturated rings. The SMILES string of the molecule is O=C(O)C1C=CC=C([N+](=O)[O-])C1(C(=O)O)C(=O)O. The van der Waals surface area contributed by atoms with Crippen LogP contribution in [0.25, 0.3) is 0 Å². The van der Waals surface area contributed by atoms with E-state index in [4.69, 9.17) is 15.3 Å². The van der Waals surface area contributed by atoms with Crippen LogP contribution in [0.3, 0.4) is 0 Å². The van der Waals surface area contributed by atoms with Gasteiger partial charge >= 0.3 is 17.9 Å². The van der Waals surface area contributed by atoms with E-state index in [0.717, 1.165) is 12.2 Å². The van der Waals surface area contributed by atoms with Gasteiger partial charge in [0.1, 0.15) is 5.92 Å². The molecule has 0 heterocycles. The third-order valence-electron chi connectivity index (χ3n) is 2.57. The average Bonchev–Trinajstić information content (AvgIpc) is 2.26. The molecule has 9 nitrogen and oxygen atoms in total. The minimum Gasteiger partial charge on any atom is -0.481 e. The minimum atomic E-state index is -3.13. The Hall–Kier alpha value is -2.71. The quantitative estimate of drug-likeness (QED) is 0.348. The Bertz CT molecular complexity index is 489. The van der Waals surface area contributed by atoms with E-state index in [0.29, 0.717) is 6.08 Å². The second kappa shape index (κ2) is 4.28. The Labute approximate surface area is 98.8 Å². The van der Waals surface area contributed by atoms with E-state index in [1.807, 2.05) is 0 Å². The number of rotatable bonds is 4. The monoisotopic (exact) mass is 257 g/mol. The van der Waals surface area contributed by atoms with E-state index in [2.05, 4.69) is 0 Å². The number of nitrogens with zero attached hydrogens (tertiary/aromatic N) is 1. The molecule has 1 aliphatic rings. The molecule has 0 saturated heterocycles. The highest BCUT2D eigenvalue weighted by molar-refractivity contribution is 6.06. The van der Waals surface area contributed by atoms with Crippen molar-refractivity contribution in [2.75, 3.05) is 0 Å². The van der Waals surface area contributed by atoms with Crippen molar-refractivity contribution in [1.29, 1.82) is 0 Å². The van der Waals surface area contributed by atoms with Crippen LogP contribution < -0.4 is 0 Å². The molecule has 1 aliphatic carbocycles. The molecule has 1 rings (SSSR count). The first-order valence-corrected chi connectivity index (χ1v) is 4.49. The number of nitro groups is 1. The molecule has 18 heavy (non-hydrogen) atoms. The summed E-state index contributed by atoms with van der Waals surface area (Å²) in [5.41, 5.74) is -4.33. The van der Waals surface area contributed by atoms with Gasteiger partial charge in [-0.1, -0.05) is 12.2 Å². The maximum absolute atomic E-state index is 11.1. The molecule has 1 unspecified atom stereocenters. The standard InChI is InChI=1S/C9H7NO8/c11-6(12)4-2-1-3-5(10(17)18)9(4,7(13)14)8(15)16/h1-4H,(H,11,12)(H,13,14)(H,15,16). The van der Waals surface area contributed by atoms with Crippen LogP contribution in [0.1, 0.15) is 0 Å². The summed E-state index contributed by atoms with van der Waals surface area (Å²) in [6.45, 7) is 0. The van der Waals surface area contributed by atoms with Crippen molar-refractivity contribution in [3.63, 3.8) is 0 Å². The van der Waals surface area contributed by atoms with Gasteiger partial charge < -0.3 is 15.3 Å². The molecule has 96 valence electrons. The summed E-state index contributed by atoms with van der Waals surface area (Å²) in [4.78, 5) is 42.7. The van der Waals surface area contributed by atoms with Crippen LogP contribution in [0.4, 0.5) is 0 Å². The maximum Gasteiger partial charge on any atom is 0.333 e. The molecular formula is C9H7NO8. The summed E-state index contributed by atoms with van der Waals surface area (Å²) in [6.07, 6.45) is 2.40. The topological polar surface area (TPSA) is 155 Å². The van der Waals surface area contributed by atoms with E-state index >= 15 is 0 Å². The first kappa shape index (κ1) is 13.4. The largest absolute Gasteiger partial charge is 0.481 e. The molecule has 0 amide bonds. The van der Waals surface area contributed by atoms with Gasteiger partial charge in [0.2, 0.25) is 0 Å². The Balaban J connectivity index is 3.62. The van der Waals surface area contributed by atoms with E-state index in [1.165, 1.54) is 0 Å². The zero-order chi connectivity index (χ0) is 14.1. The average molecular weight is 257 g/mol. The molecule has 3 N–H and O–H groups in total. The van der Waals surface area contributed by atoms with Crippen molar-refractivity contribution in [3.05, 3.63) is 34.0 Å². The van der Waals surface area contributed by atoms with Gasteiger partial charge in [-0.25, -0.2) is 0 Å². The second-order valence-electron chi connectivity index (χ2n) is 3.43. The Morgan fingerprint density at radius 1 is 1.22 bits per heavy atom. The molecule has 0 aliphatic heterocycles. The highest BCUT2D eigenvalue weighted by Crippen LogP contribution is 2.41. The predicted octanol–water partition coefficient (Wildman–Crippen LogP) is -0.427. The number of aliphatic carboxylic acids is 3. The maximum atomic E-state index is 11.1. The van der Waals surface area contributed by atoms with Gasteiger partial charge in [0.25, 0.3) is 11.1 Å². The fourth-order valence-corrected chi connectivity index (χ4v) is 1.74. The summed E-state index contributed by atoms with van der Waals surface area (Å²) in [5.74, 6) is -8.04. The summed E-state index contributed by atoms with van der Waals surface area (Å²) in [5, 5.41) is 37.5. The molecule has 0 spiro atoms. The van der Waals surface area contributed by atoms with Crippen LogP contribution in [0.15, 0.2) is 23.9 Å². The van der Waals surface area contributed by atoms with Gasteiger partial charge in [-0.2, -0.15) is 0 Å². The smallest absolute Gasteiger partial charge is 0.333 e. The zero-order valence-electron chi connectivity index (χ0n) is 8.64. The third kappa shape index (κ3) is 1.61. The van der Waals surface area contributed by atoms with Gasteiger partial charge in [0.05, 0.1) is 4.92 Å². The summed E-state index contributed by atoms with van der Waals surface area (Å²) in [6, 6.07) is 0. The number of carbonyl (C=O) groups is 3. The second-order valence-corrected chi connectivity index (χ2v) is 3.43. The van der Waals surface area contributed by atoms with Gasteiger partial charge in [-0.15, -0.1) is 0 Å². The lowest BCUT2D eigenvalue weighted by Gasteiger charge is -2.27. The van der Waals surface area contributed by atoms with Gasteiger partial charge in [0, 0.05) is 6.08 Å². The lowest BCUT2D eigenvalue weighted by atomic mass is 9.70. The lowest BCUT2D eigenvalue weighted by molar-refractivity contribution is -0.438. The van der Waals surface area contributed by atoms with Gasteiger partial charge in [-0.3, -0.25) is 24.5 Å². The van der Waals surface area contributed by atoms with Crippen molar-refractivity contribution in [2.45, 2.75) is 0 Å². The van der Waals surface area contributed by atoms with Crippen molar-refractivity contribution >= 4 is 17.9 Å². The van der Waals surface area contributed by atoms with E-state index < -0.39 is 39.9 Å². The third-order valence-corrected chi connectivity index (χ3v) is 2.57. The highest BCUT2D eigenvalue weighted by Gasteiger charge is 2.65. The summed E-state index contributed by atoms with van der Waals surface area (Å²) >= 11 is 0. The molecule has 1 atom stereocenters. The van der Waals surface area contributed by atoms with Crippen LogP contribution >= 0.6 is 0 Å². The number of carboxylic acid groups (broad SMARTS) is 3. The molecule has 0 aromatic carbocycles. The Morgan fingerprint density at radius 3 is 2.06 bits per heavy atom. The Kier molecular flexibility index (Phi) is 3.17. The first-order chi connectivity index (χ1) is 8.26. The fraction of sp³-hybridized carbons (Fsp3) is 0.222. The zero-order valence-corrected chi connectivity index (χ0v) is 8.64. The number of allylic oxidation sites excluding steroid dienone is 2. The van der Waals surface area contributed by atoms with Crippen molar-refractivity contribution in [1.82, 2.24) is 0 Å². The number of hydrogen-bond donors (Lipinski definition) is 3.